The summed E-state index contributed by atoms with van der Waals surface area (Å²) in [5.41, 5.74) is -0.535. The Balaban J connectivity index is 2.02. The smallest absolute Gasteiger partial charge is 0.295 e. The van der Waals surface area contributed by atoms with Crippen molar-refractivity contribution in [2.75, 3.05) is 17.2 Å². The molecule has 0 aliphatic carbocycles. The van der Waals surface area contributed by atoms with Gasteiger partial charge in [-0.25, -0.2) is 13.2 Å². The molecular formula is C14H10F3N3O3. The summed E-state index contributed by atoms with van der Waals surface area (Å²) in [5, 5.41) is 15.6. The Labute approximate surface area is 128 Å². The topological polar surface area (TPSA) is 84.3 Å². The van der Waals surface area contributed by atoms with Crippen LogP contribution in [-0.2, 0) is 4.79 Å². The van der Waals surface area contributed by atoms with Crippen molar-refractivity contribution in [1.82, 2.24) is 0 Å². The molecule has 0 aliphatic heterocycles. The highest BCUT2D eigenvalue weighted by molar-refractivity contribution is 5.94. The minimum absolute atomic E-state index is 0.0318. The number of nitrogens with one attached hydrogen (secondary N) is 2. The number of benzene rings is 2. The minimum Gasteiger partial charge on any atom is -0.371 e. The summed E-state index contributed by atoms with van der Waals surface area (Å²) < 4.78 is 38.8. The second-order valence-electron chi connectivity index (χ2n) is 4.45. The fourth-order valence-corrected chi connectivity index (χ4v) is 1.76. The van der Waals surface area contributed by atoms with Gasteiger partial charge in [0, 0.05) is 11.8 Å². The Morgan fingerprint density at radius 1 is 1.09 bits per heavy atom. The average Bonchev–Trinajstić information content (AvgIpc) is 2.49. The predicted molar refractivity (Wildman–Crippen MR) is 76.5 cm³/mol. The van der Waals surface area contributed by atoms with E-state index in [0.29, 0.717) is 0 Å². The molecule has 0 spiro atoms. The van der Waals surface area contributed by atoms with Gasteiger partial charge in [-0.1, -0.05) is 0 Å². The van der Waals surface area contributed by atoms with Crippen LogP contribution in [0.3, 0.4) is 0 Å². The number of carbonyl (C=O) groups is 1. The van der Waals surface area contributed by atoms with Gasteiger partial charge in [0.15, 0.2) is 11.6 Å². The number of hydrogen-bond donors (Lipinski definition) is 2. The molecular weight excluding hydrogens is 315 g/mol. The zero-order valence-corrected chi connectivity index (χ0v) is 11.5. The summed E-state index contributed by atoms with van der Waals surface area (Å²) in [6.07, 6.45) is 0. The van der Waals surface area contributed by atoms with Gasteiger partial charge in [0.25, 0.3) is 5.69 Å². The first-order valence-electron chi connectivity index (χ1n) is 6.29. The maximum atomic E-state index is 13.0. The van der Waals surface area contributed by atoms with Crippen LogP contribution in [0.25, 0.3) is 0 Å². The van der Waals surface area contributed by atoms with Crippen LogP contribution in [-0.4, -0.2) is 17.4 Å². The van der Waals surface area contributed by atoms with Crippen LogP contribution in [0.1, 0.15) is 0 Å². The summed E-state index contributed by atoms with van der Waals surface area (Å²) in [5.74, 6) is -3.60. The van der Waals surface area contributed by atoms with Crippen LogP contribution < -0.4 is 10.6 Å². The molecule has 120 valence electrons. The van der Waals surface area contributed by atoms with Crippen molar-refractivity contribution < 1.29 is 22.9 Å². The normalized spacial score (nSPS) is 10.2. The molecule has 0 aromatic heterocycles. The van der Waals surface area contributed by atoms with Crippen molar-refractivity contribution in [2.24, 2.45) is 0 Å². The summed E-state index contributed by atoms with van der Waals surface area (Å²) in [6.45, 7) is -0.383. The van der Waals surface area contributed by atoms with Crippen LogP contribution >= 0.6 is 0 Å². The van der Waals surface area contributed by atoms with E-state index in [2.05, 4.69) is 10.6 Å². The molecule has 23 heavy (non-hydrogen) atoms. The van der Waals surface area contributed by atoms with Gasteiger partial charge < -0.3 is 10.6 Å². The number of anilines is 2. The van der Waals surface area contributed by atoms with Gasteiger partial charge in [0.05, 0.1) is 17.5 Å². The van der Waals surface area contributed by atoms with Crippen molar-refractivity contribution >= 4 is 23.0 Å². The third-order valence-electron chi connectivity index (χ3n) is 2.80. The number of amides is 1. The lowest BCUT2D eigenvalue weighted by atomic mass is 10.2. The molecule has 0 saturated carbocycles. The molecule has 0 atom stereocenters. The van der Waals surface area contributed by atoms with E-state index >= 15 is 0 Å². The molecule has 2 aromatic carbocycles. The summed E-state index contributed by atoms with van der Waals surface area (Å²) in [4.78, 5) is 21.7. The Bertz CT molecular complexity index is 768. The molecule has 0 fully saturated rings. The van der Waals surface area contributed by atoms with Crippen molar-refractivity contribution in [2.45, 2.75) is 0 Å². The molecule has 0 bridgehead atoms. The molecule has 0 unspecified atom stereocenters. The minimum atomic E-state index is -1.12. The SMILES string of the molecule is O=C(CNc1ccc(F)cc1[N+](=O)[O-])Nc1ccc(F)c(F)c1. The van der Waals surface area contributed by atoms with Crippen LogP contribution in [0.15, 0.2) is 36.4 Å². The lowest BCUT2D eigenvalue weighted by molar-refractivity contribution is -0.384. The third-order valence-corrected chi connectivity index (χ3v) is 2.80. The quantitative estimate of drug-likeness (QED) is 0.653. The standard InChI is InChI=1S/C14H10F3N3O3/c15-8-1-4-12(13(5-8)20(22)23)18-7-14(21)19-9-2-3-10(16)11(17)6-9/h1-6,18H,7H2,(H,19,21). The van der Waals surface area contributed by atoms with E-state index in [1.165, 1.54) is 0 Å². The van der Waals surface area contributed by atoms with Crippen molar-refractivity contribution in [3.63, 3.8) is 0 Å². The average molecular weight is 325 g/mol. The highest BCUT2D eigenvalue weighted by Gasteiger charge is 2.15. The molecule has 0 radical (unpaired) electrons. The zero-order chi connectivity index (χ0) is 17.0. The molecule has 0 aliphatic rings. The fraction of sp³-hybridized carbons (Fsp3) is 0.0714. The third kappa shape index (κ3) is 4.19. The first-order valence-corrected chi connectivity index (χ1v) is 6.29. The molecule has 0 heterocycles. The van der Waals surface area contributed by atoms with Crippen molar-refractivity contribution in [1.29, 1.82) is 0 Å². The van der Waals surface area contributed by atoms with Crippen molar-refractivity contribution in [3.8, 4) is 0 Å². The summed E-state index contributed by atoms with van der Waals surface area (Å²) >= 11 is 0. The lowest BCUT2D eigenvalue weighted by Gasteiger charge is -2.08. The second-order valence-corrected chi connectivity index (χ2v) is 4.45. The Morgan fingerprint density at radius 2 is 1.83 bits per heavy atom. The molecule has 1 amide bonds. The van der Waals surface area contributed by atoms with E-state index in [1.54, 1.807) is 0 Å². The Morgan fingerprint density at radius 3 is 2.48 bits per heavy atom. The largest absolute Gasteiger partial charge is 0.371 e. The number of nitro groups is 1. The first-order chi connectivity index (χ1) is 10.9. The van der Waals surface area contributed by atoms with Crippen LogP contribution in [0.4, 0.5) is 30.2 Å². The first kappa shape index (κ1) is 16.3. The van der Waals surface area contributed by atoms with Gasteiger partial charge in [0.2, 0.25) is 5.91 Å². The molecule has 2 N–H and O–H groups in total. The predicted octanol–water partition coefficient (Wildman–Crippen LogP) is 3.06. The Hall–Kier alpha value is -3.10. The molecule has 2 aromatic rings. The molecule has 6 nitrogen and oxygen atoms in total. The van der Waals surface area contributed by atoms with Crippen LogP contribution in [0.5, 0.6) is 0 Å². The van der Waals surface area contributed by atoms with Gasteiger partial charge in [-0.2, -0.15) is 0 Å². The van der Waals surface area contributed by atoms with E-state index in [1.807, 2.05) is 0 Å². The second kappa shape index (κ2) is 6.77. The van der Waals surface area contributed by atoms with Gasteiger partial charge in [-0.05, 0) is 24.3 Å². The van der Waals surface area contributed by atoms with Gasteiger partial charge in [-0.15, -0.1) is 0 Å². The summed E-state index contributed by atoms with van der Waals surface area (Å²) in [6, 6.07) is 5.66. The maximum absolute atomic E-state index is 13.0. The molecule has 2 rings (SSSR count). The zero-order valence-electron chi connectivity index (χ0n) is 11.5. The van der Waals surface area contributed by atoms with E-state index < -0.39 is 34.0 Å². The van der Waals surface area contributed by atoms with Crippen LogP contribution in [0, 0.1) is 27.6 Å². The molecule has 0 saturated heterocycles. The maximum Gasteiger partial charge on any atom is 0.295 e. The van der Waals surface area contributed by atoms with E-state index in [-0.39, 0.29) is 17.9 Å². The van der Waals surface area contributed by atoms with Crippen LogP contribution in [0.2, 0.25) is 0 Å². The van der Waals surface area contributed by atoms with Gasteiger partial charge in [0.1, 0.15) is 11.5 Å². The number of carbonyl (C=O) groups excluding carboxylic acids is 1. The van der Waals surface area contributed by atoms with E-state index in [0.717, 1.165) is 36.4 Å². The molecule has 9 heteroatoms. The van der Waals surface area contributed by atoms with E-state index in [9.17, 15) is 28.1 Å². The number of halogens is 3. The highest BCUT2D eigenvalue weighted by Crippen LogP contribution is 2.24. The number of nitrogens with zero attached hydrogens (tertiary/aromatic N) is 1. The Kier molecular flexibility index (Phi) is 4.79. The fourth-order valence-electron chi connectivity index (χ4n) is 1.76. The number of rotatable bonds is 5. The van der Waals surface area contributed by atoms with Crippen molar-refractivity contribution in [3.05, 3.63) is 64.0 Å². The lowest BCUT2D eigenvalue weighted by Crippen LogP contribution is -2.22. The number of nitro benzene ring substituents is 1. The summed E-state index contributed by atoms with van der Waals surface area (Å²) in [7, 11) is 0. The highest BCUT2D eigenvalue weighted by atomic mass is 19.2. The van der Waals surface area contributed by atoms with Gasteiger partial charge in [-0.3, -0.25) is 14.9 Å². The van der Waals surface area contributed by atoms with E-state index in [4.69, 9.17) is 0 Å². The number of hydrogen-bond acceptors (Lipinski definition) is 4. The van der Waals surface area contributed by atoms with Gasteiger partial charge >= 0.3 is 0 Å². The monoisotopic (exact) mass is 325 g/mol.